The lowest BCUT2D eigenvalue weighted by molar-refractivity contribution is 1.04. The van der Waals surface area contributed by atoms with Crippen molar-refractivity contribution in [1.29, 1.82) is 0 Å². The number of hydrogen-bond donors (Lipinski definition) is 0. The molecule has 0 fully saturated rings. The summed E-state index contributed by atoms with van der Waals surface area (Å²) in [5.74, 6) is 1.55. The number of nitrogens with zero attached hydrogens (tertiary/aromatic N) is 4. The van der Waals surface area contributed by atoms with Gasteiger partial charge in [0.1, 0.15) is 5.82 Å². The van der Waals surface area contributed by atoms with Crippen molar-refractivity contribution < 1.29 is 0 Å². The molecule has 4 nitrogen and oxygen atoms in total. The fourth-order valence-electron chi connectivity index (χ4n) is 6.06. The summed E-state index contributed by atoms with van der Waals surface area (Å²) in [6.45, 7) is 2.18. The van der Waals surface area contributed by atoms with Gasteiger partial charge in [-0.25, -0.2) is 9.97 Å². The van der Waals surface area contributed by atoms with Crippen LogP contribution in [0.1, 0.15) is 5.69 Å². The van der Waals surface area contributed by atoms with E-state index in [1.54, 1.807) is 0 Å². The zero-order valence-corrected chi connectivity index (χ0v) is 22.6. The standard InChI is InChI=1S/C37H26N4/c1-25-14-13-23-32-34-29-21-11-12-22-31(29)41(36(34)35(40(25)32)27-17-7-3-8-18-27)33-24-30(26-15-5-2-6-16-26)38-37(39-33)28-19-9-4-10-20-28/h2-24H,1H3. The Bertz CT molecular complexity index is 2130. The molecule has 0 aliphatic heterocycles. The van der Waals surface area contributed by atoms with Gasteiger partial charge in [0, 0.05) is 39.2 Å². The minimum atomic E-state index is 0.703. The number of hydrogen-bond acceptors (Lipinski definition) is 2. The van der Waals surface area contributed by atoms with Gasteiger partial charge in [0.2, 0.25) is 0 Å². The summed E-state index contributed by atoms with van der Waals surface area (Å²) in [6, 6.07) is 48.6. The van der Waals surface area contributed by atoms with E-state index in [1.165, 1.54) is 22.0 Å². The van der Waals surface area contributed by atoms with E-state index < -0.39 is 0 Å². The van der Waals surface area contributed by atoms with Crippen molar-refractivity contribution in [3.63, 3.8) is 0 Å². The molecule has 0 saturated heterocycles. The van der Waals surface area contributed by atoms with Crippen LogP contribution in [-0.2, 0) is 0 Å². The van der Waals surface area contributed by atoms with Crippen LogP contribution in [0.2, 0.25) is 0 Å². The lowest BCUT2D eigenvalue weighted by Crippen LogP contribution is -2.03. The average Bonchev–Trinajstić information content (AvgIpc) is 3.56. The van der Waals surface area contributed by atoms with E-state index in [4.69, 9.17) is 9.97 Å². The molecule has 194 valence electrons. The first kappa shape index (κ1) is 23.4. The molecule has 4 aromatic heterocycles. The number of para-hydroxylation sites is 1. The minimum Gasteiger partial charge on any atom is -0.311 e. The second-order valence-corrected chi connectivity index (χ2v) is 10.3. The summed E-state index contributed by atoms with van der Waals surface area (Å²) in [5, 5.41) is 2.43. The average molecular weight is 527 g/mol. The number of fused-ring (bicyclic) bond motifs is 5. The summed E-state index contributed by atoms with van der Waals surface area (Å²) in [4.78, 5) is 10.3. The third-order valence-corrected chi connectivity index (χ3v) is 7.85. The smallest absolute Gasteiger partial charge is 0.162 e. The molecule has 4 aromatic carbocycles. The van der Waals surface area contributed by atoms with E-state index in [9.17, 15) is 0 Å². The molecule has 41 heavy (non-hydrogen) atoms. The van der Waals surface area contributed by atoms with Crippen LogP contribution in [0.3, 0.4) is 0 Å². The van der Waals surface area contributed by atoms with Gasteiger partial charge in [-0.15, -0.1) is 0 Å². The van der Waals surface area contributed by atoms with Gasteiger partial charge < -0.3 is 4.40 Å². The summed E-state index contributed by atoms with van der Waals surface area (Å²) in [7, 11) is 0. The zero-order valence-electron chi connectivity index (χ0n) is 22.6. The molecule has 0 bridgehead atoms. The van der Waals surface area contributed by atoms with Crippen molar-refractivity contribution >= 4 is 27.3 Å². The Hall–Kier alpha value is -5.48. The molecular weight excluding hydrogens is 500 g/mol. The normalized spacial score (nSPS) is 11.5. The maximum absolute atomic E-state index is 5.24. The Labute approximate surface area is 237 Å². The summed E-state index contributed by atoms with van der Waals surface area (Å²) >= 11 is 0. The molecular formula is C37H26N4. The van der Waals surface area contributed by atoms with E-state index in [-0.39, 0.29) is 0 Å². The molecule has 0 N–H and O–H groups in total. The first-order valence-electron chi connectivity index (χ1n) is 13.9. The number of benzene rings is 4. The lowest BCUT2D eigenvalue weighted by Gasteiger charge is -2.14. The number of aryl methyl sites for hydroxylation is 1. The quantitative estimate of drug-likeness (QED) is 0.229. The largest absolute Gasteiger partial charge is 0.311 e. The highest BCUT2D eigenvalue weighted by Crippen LogP contribution is 2.43. The Morgan fingerprint density at radius 2 is 1.15 bits per heavy atom. The zero-order chi connectivity index (χ0) is 27.3. The second-order valence-electron chi connectivity index (χ2n) is 10.3. The maximum Gasteiger partial charge on any atom is 0.162 e. The van der Waals surface area contributed by atoms with Crippen molar-refractivity contribution in [3.8, 4) is 39.7 Å². The summed E-state index contributed by atoms with van der Waals surface area (Å²) in [6.07, 6.45) is 0. The predicted octanol–water partition coefficient (Wildman–Crippen LogP) is 9.14. The van der Waals surface area contributed by atoms with Gasteiger partial charge in [-0.1, -0.05) is 115 Å². The van der Waals surface area contributed by atoms with Gasteiger partial charge in [0.05, 0.1) is 27.9 Å². The van der Waals surface area contributed by atoms with Crippen molar-refractivity contribution in [2.24, 2.45) is 0 Å². The van der Waals surface area contributed by atoms with Gasteiger partial charge in [-0.05, 0) is 25.1 Å². The topological polar surface area (TPSA) is 35.1 Å². The summed E-state index contributed by atoms with van der Waals surface area (Å²) in [5.41, 5.74) is 9.89. The van der Waals surface area contributed by atoms with Crippen LogP contribution in [0.5, 0.6) is 0 Å². The van der Waals surface area contributed by atoms with Crippen molar-refractivity contribution in [2.75, 3.05) is 0 Å². The molecule has 8 aromatic rings. The molecule has 0 radical (unpaired) electrons. The van der Waals surface area contributed by atoms with Crippen molar-refractivity contribution in [1.82, 2.24) is 18.9 Å². The van der Waals surface area contributed by atoms with Crippen LogP contribution < -0.4 is 0 Å². The van der Waals surface area contributed by atoms with E-state index in [0.717, 1.165) is 44.9 Å². The van der Waals surface area contributed by atoms with Crippen LogP contribution in [0.25, 0.3) is 67.0 Å². The molecule has 0 amide bonds. The lowest BCUT2D eigenvalue weighted by atomic mass is 10.1. The van der Waals surface area contributed by atoms with Crippen LogP contribution >= 0.6 is 0 Å². The van der Waals surface area contributed by atoms with Crippen molar-refractivity contribution in [2.45, 2.75) is 6.92 Å². The third kappa shape index (κ3) is 3.69. The first-order valence-corrected chi connectivity index (χ1v) is 13.9. The number of rotatable bonds is 4. The molecule has 0 spiro atoms. The molecule has 4 heterocycles. The van der Waals surface area contributed by atoms with Crippen LogP contribution in [0.15, 0.2) is 140 Å². The Morgan fingerprint density at radius 1 is 0.537 bits per heavy atom. The van der Waals surface area contributed by atoms with Crippen molar-refractivity contribution in [3.05, 3.63) is 145 Å². The molecule has 0 saturated carbocycles. The molecule has 0 aliphatic rings. The number of pyridine rings is 1. The van der Waals surface area contributed by atoms with E-state index in [2.05, 4.69) is 131 Å². The van der Waals surface area contributed by atoms with E-state index >= 15 is 0 Å². The molecule has 8 rings (SSSR count). The first-order chi connectivity index (χ1) is 20.3. The van der Waals surface area contributed by atoms with Gasteiger partial charge in [0.15, 0.2) is 5.82 Å². The van der Waals surface area contributed by atoms with E-state index in [0.29, 0.717) is 5.82 Å². The molecule has 4 heteroatoms. The highest BCUT2D eigenvalue weighted by Gasteiger charge is 2.24. The minimum absolute atomic E-state index is 0.703. The molecule has 0 aliphatic carbocycles. The molecule has 0 atom stereocenters. The van der Waals surface area contributed by atoms with Gasteiger partial charge in [0.25, 0.3) is 0 Å². The second kappa shape index (κ2) is 9.32. The van der Waals surface area contributed by atoms with Crippen LogP contribution in [0, 0.1) is 6.92 Å². The predicted molar refractivity (Wildman–Crippen MR) is 168 cm³/mol. The Morgan fingerprint density at radius 3 is 1.88 bits per heavy atom. The fourth-order valence-corrected chi connectivity index (χ4v) is 6.06. The Balaban J connectivity index is 1.56. The van der Waals surface area contributed by atoms with Gasteiger partial charge >= 0.3 is 0 Å². The van der Waals surface area contributed by atoms with E-state index in [1.807, 2.05) is 24.3 Å². The summed E-state index contributed by atoms with van der Waals surface area (Å²) < 4.78 is 4.72. The molecule has 0 unspecified atom stereocenters. The highest BCUT2D eigenvalue weighted by molar-refractivity contribution is 6.21. The maximum atomic E-state index is 5.24. The monoisotopic (exact) mass is 526 g/mol. The third-order valence-electron chi connectivity index (χ3n) is 7.85. The SMILES string of the molecule is Cc1cccc2c3c4ccccc4n(-c4cc(-c5ccccc5)nc(-c5ccccc5)n4)c3c(-c3ccccc3)n12. The van der Waals surface area contributed by atoms with Gasteiger partial charge in [-0.2, -0.15) is 0 Å². The highest BCUT2D eigenvalue weighted by atomic mass is 15.1. The fraction of sp³-hybridized carbons (Fsp3) is 0.0270. The number of aromatic nitrogens is 4. The van der Waals surface area contributed by atoms with Crippen LogP contribution in [0.4, 0.5) is 0 Å². The Kier molecular flexibility index (Phi) is 5.32. The van der Waals surface area contributed by atoms with Crippen LogP contribution in [-0.4, -0.2) is 18.9 Å². The van der Waals surface area contributed by atoms with Gasteiger partial charge in [-0.3, -0.25) is 4.57 Å².